The van der Waals surface area contributed by atoms with E-state index >= 15 is 0 Å². The molecule has 0 N–H and O–H groups in total. The van der Waals surface area contributed by atoms with E-state index in [4.69, 9.17) is 16.3 Å². The molecular formula is C11H13ClO. The van der Waals surface area contributed by atoms with Gasteiger partial charge in [0.05, 0.1) is 6.10 Å². The normalized spacial score (nSPS) is 18.6. The fraction of sp³-hybridized carbons (Fsp3) is 0.455. The Balaban J connectivity index is 2.17. The maximum absolute atomic E-state index is 5.81. The first kappa shape index (κ1) is 9.04. The van der Waals surface area contributed by atoms with Crippen molar-refractivity contribution in [3.8, 4) is 0 Å². The highest BCUT2D eigenvalue weighted by atomic mass is 35.5. The van der Waals surface area contributed by atoms with E-state index in [9.17, 15) is 0 Å². The molecule has 1 aliphatic rings. The lowest BCUT2D eigenvalue weighted by molar-refractivity contribution is 0.0846. The van der Waals surface area contributed by atoms with Crippen molar-refractivity contribution in [2.45, 2.75) is 18.9 Å². The van der Waals surface area contributed by atoms with Crippen LogP contribution in [0.5, 0.6) is 0 Å². The number of ether oxygens (including phenoxy) is 1. The Morgan fingerprint density at radius 1 is 1.31 bits per heavy atom. The molecule has 0 saturated heterocycles. The fourth-order valence-corrected chi connectivity index (χ4v) is 1.78. The van der Waals surface area contributed by atoms with Crippen LogP contribution in [0.1, 0.15) is 24.5 Å². The molecule has 70 valence electrons. The zero-order valence-electron chi connectivity index (χ0n) is 7.66. The van der Waals surface area contributed by atoms with Crippen molar-refractivity contribution in [1.29, 1.82) is 0 Å². The third-order valence-corrected chi connectivity index (χ3v) is 2.75. The molecule has 0 aromatic heterocycles. The quantitative estimate of drug-likeness (QED) is 0.720. The summed E-state index contributed by atoms with van der Waals surface area (Å²) in [6.07, 6.45) is 2.86. The van der Waals surface area contributed by atoms with Gasteiger partial charge in [-0.25, -0.2) is 0 Å². The maximum Gasteiger partial charge on any atom is 0.0849 e. The van der Waals surface area contributed by atoms with Crippen LogP contribution in [0.15, 0.2) is 24.3 Å². The molecular weight excluding hydrogens is 184 g/mol. The Hall–Kier alpha value is -0.530. The topological polar surface area (TPSA) is 9.23 Å². The van der Waals surface area contributed by atoms with Gasteiger partial charge in [-0.05, 0) is 36.5 Å². The van der Waals surface area contributed by atoms with Gasteiger partial charge in [0.25, 0.3) is 0 Å². The molecule has 1 aromatic rings. The highest BCUT2D eigenvalue weighted by Crippen LogP contribution is 2.42. The van der Waals surface area contributed by atoms with Crippen LogP contribution in [0.3, 0.4) is 0 Å². The number of halogens is 1. The molecule has 2 heteroatoms. The van der Waals surface area contributed by atoms with Crippen molar-refractivity contribution in [3.63, 3.8) is 0 Å². The van der Waals surface area contributed by atoms with Gasteiger partial charge in [-0.1, -0.05) is 23.7 Å². The molecule has 0 radical (unpaired) electrons. The SMILES string of the molecule is COC(c1ccc(Cl)cc1)C1CC1. The zero-order valence-corrected chi connectivity index (χ0v) is 8.42. The molecule has 0 aliphatic heterocycles. The summed E-state index contributed by atoms with van der Waals surface area (Å²) in [4.78, 5) is 0. The van der Waals surface area contributed by atoms with Gasteiger partial charge >= 0.3 is 0 Å². The van der Waals surface area contributed by atoms with E-state index in [0.29, 0.717) is 0 Å². The number of rotatable bonds is 3. The largest absolute Gasteiger partial charge is 0.376 e. The summed E-state index contributed by atoms with van der Waals surface area (Å²) in [5.74, 6) is 0.728. The first-order valence-electron chi connectivity index (χ1n) is 4.59. The lowest BCUT2D eigenvalue weighted by atomic mass is 10.1. The first-order valence-corrected chi connectivity index (χ1v) is 4.97. The summed E-state index contributed by atoms with van der Waals surface area (Å²) in [6, 6.07) is 7.94. The standard InChI is InChI=1S/C11H13ClO/c1-13-11(8-2-3-8)9-4-6-10(12)7-5-9/h4-8,11H,2-3H2,1H3. The first-order chi connectivity index (χ1) is 6.31. The van der Waals surface area contributed by atoms with Gasteiger partial charge in [-0.2, -0.15) is 0 Å². The Morgan fingerprint density at radius 3 is 2.38 bits per heavy atom. The minimum Gasteiger partial charge on any atom is -0.376 e. The Kier molecular flexibility index (Phi) is 2.56. The highest BCUT2D eigenvalue weighted by molar-refractivity contribution is 6.30. The molecule has 13 heavy (non-hydrogen) atoms. The van der Waals surface area contributed by atoms with Crippen molar-refractivity contribution < 1.29 is 4.74 Å². The highest BCUT2D eigenvalue weighted by Gasteiger charge is 2.32. The van der Waals surface area contributed by atoms with E-state index in [1.807, 2.05) is 12.1 Å². The summed E-state index contributed by atoms with van der Waals surface area (Å²) in [5.41, 5.74) is 1.24. The Labute approximate surface area is 83.7 Å². The molecule has 0 amide bonds. The van der Waals surface area contributed by atoms with Gasteiger partial charge in [0.2, 0.25) is 0 Å². The van der Waals surface area contributed by atoms with E-state index in [1.54, 1.807) is 7.11 Å². The molecule has 1 fully saturated rings. The second-order valence-electron chi connectivity index (χ2n) is 3.55. The molecule has 1 aromatic carbocycles. The lowest BCUT2D eigenvalue weighted by Crippen LogP contribution is -2.02. The van der Waals surface area contributed by atoms with Crippen LogP contribution >= 0.6 is 11.6 Å². The third kappa shape index (κ3) is 2.04. The number of methoxy groups -OCH3 is 1. The van der Waals surface area contributed by atoms with Crippen molar-refractivity contribution in [3.05, 3.63) is 34.9 Å². The average Bonchev–Trinajstić information content (AvgIpc) is 2.93. The summed E-state index contributed by atoms with van der Waals surface area (Å²) in [7, 11) is 1.78. The number of hydrogen-bond donors (Lipinski definition) is 0. The van der Waals surface area contributed by atoms with E-state index < -0.39 is 0 Å². The molecule has 0 heterocycles. The zero-order chi connectivity index (χ0) is 9.26. The monoisotopic (exact) mass is 196 g/mol. The number of benzene rings is 1. The van der Waals surface area contributed by atoms with E-state index in [1.165, 1.54) is 18.4 Å². The van der Waals surface area contributed by atoms with Crippen molar-refractivity contribution in [2.75, 3.05) is 7.11 Å². The molecule has 1 unspecified atom stereocenters. The summed E-state index contributed by atoms with van der Waals surface area (Å²) in [5, 5.41) is 0.786. The second-order valence-corrected chi connectivity index (χ2v) is 3.98. The molecule has 0 spiro atoms. The summed E-state index contributed by atoms with van der Waals surface area (Å²) < 4.78 is 5.46. The molecule has 1 aliphatic carbocycles. The molecule has 1 atom stereocenters. The number of hydrogen-bond acceptors (Lipinski definition) is 1. The molecule has 0 bridgehead atoms. The fourth-order valence-electron chi connectivity index (χ4n) is 1.65. The van der Waals surface area contributed by atoms with Gasteiger partial charge < -0.3 is 4.74 Å². The van der Waals surface area contributed by atoms with Crippen LogP contribution in [-0.2, 0) is 4.74 Å². The maximum atomic E-state index is 5.81. The van der Waals surface area contributed by atoms with Crippen LogP contribution in [0.2, 0.25) is 5.02 Å². The lowest BCUT2D eigenvalue weighted by Gasteiger charge is -2.14. The molecule has 1 nitrogen and oxygen atoms in total. The van der Waals surface area contributed by atoms with Gasteiger partial charge in [-0.3, -0.25) is 0 Å². The Bertz CT molecular complexity index is 277. The minimum atomic E-state index is 0.275. The molecule has 1 saturated carbocycles. The van der Waals surface area contributed by atoms with Crippen molar-refractivity contribution in [2.24, 2.45) is 5.92 Å². The van der Waals surface area contributed by atoms with Crippen LogP contribution < -0.4 is 0 Å². The van der Waals surface area contributed by atoms with Crippen LogP contribution in [0.4, 0.5) is 0 Å². The van der Waals surface area contributed by atoms with Gasteiger partial charge in [-0.15, -0.1) is 0 Å². The van der Waals surface area contributed by atoms with Gasteiger partial charge in [0.15, 0.2) is 0 Å². The van der Waals surface area contributed by atoms with E-state index in [-0.39, 0.29) is 6.10 Å². The predicted octanol–water partition coefficient (Wildman–Crippen LogP) is 3.44. The minimum absolute atomic E-state index is 0.275. The summed E-state index contributed by atoms with van der Waals surface area (Å²) >= 11 is 5.81. The van der Waals surface area contributed by atoms with Crippen LogP contribution in [0, 0.1) is 5.92 Å². The Morgan fingerprint density at radius 2 is 1.92 bits per heavy atom. The smallest absolute Gasteiger partial charge is 0.0849 e. The van der Waals surface area contributed by atoms with E-state index in [2.05, 4.69) is 12.1 Å². The van der Waals surface area contributed by atoms with Crippen molar-refractivity contribution >= 4 is 11.6 Å². The van der Waals surface area contributed by atoms with Crippen molar-refractivity contribution in [1.82, 2.24) is 0 Å². The van der Waals surface area contributed by atoms with Gasteiger partial charge in [0, 0.05) is 12.1 Å². The third-order valence-electron chi connectivity index (χ3n) is 2.50. The molecule has 2 rings (SSSR count). The van der Waals surface area contributed by atoms with E-state index in [0.717, 1.165) is 10.9 Å². The average molecular weight is 197 g/mol. The van der Waals surface area contributed by atoms with Crippen LogP contribution in [0.25, 0.3) is 0 Å². The second kappa shape index (κ2) is 3.69. The predicted molar refractivity (Wildman–Crippen MR) is 53.9 cm³/mol. The summed E-state index contributed by atoms with van der Waals surface area (Å²) in [6.45, 7) is 0. The van der Waals surface area contributed by atoms with Crippen LogP contribution in [-0.4, -0.2) is 7.11 Å². The van der Waals surface area contributed by atoms with Gasteiger partial charge in [0.1, 0.15) is 0 Å².